The number of carbonyl (C=O) groups excluding carboxylic acids is 1. The first-order chi connectivity index (χ1) is 10.1. The number of hydrazine groups is 1. The van der Waals surface area contributed by atoms with Crippen LogP contribution in [-0.2, 0) is 4.79 Å². The molecule has 2 rings (SSSR count). The van der Waals surface area contributed by atoms with E-state index in [2.05, 4.69) is 27.5 Å². The second kappa shape index (κ2) is 8.65. The highest BCUT2D eigenvalue weighted by molar-refractivity contribution is 5.78. The van der Waals surface area contributed by atoms with Gasteiger partial charge in [0.2, 0.25) is 5.91 Å². The standard InChI is InChI=1S/C14H30N6O/c1-18-6-2-13(3-7-18)16-4-5-17-14(21)12-19-8-10-20(15)11-9-19/h13,16H,2-12,15H2,1H3,(H,17,21). The molecule has 2 saturated heterocycles. The number of nitrogens with two attached hydrogens (primary N) is 1. The van der Waals surface area contributed by atoms with Gasteiger partial charge >= 0.3 is 0 Å². The Hall–Kier alpha value is -0.730. The Balaban J connectivity index is 1.49. The Morgan fingerprint density at radius 3 is 2.43 bits per heavy atom. The van der Waals surface area contributed by atoms with E-state index >= 15 is 0 Å². The summed E-state index contributed by atoms with van der Waals surface area (Å²) in [6, 6.07) is 0.607. The first kappa shape index (κ1) is 16.6. The molecule has 0 atom stereocenters. The number of amides is 1. The molecule has 2 aliphatic rings. The molecule has 0 aliphatic carbocycles. The topological polar surface area (TPSA) is 76.9 Å². The van der Waals surface area contributed by atoms with E-state index in [9.17, 15) is 4.79 Å². The maximum absolute atomic E-state index is 11.9. The molecule has 0 aromatic rings. The monoisotopic (exact) mass is 298 g/mol. The highest BCUT2D eigenvalue weighted by atomic mass is 16.2. The summed E-state index contributed by atoms with van der Waals surface area (Å²) in [5.41, 5.74) is 0. The van der Waals surface area contributed by atoms with Gasteiger partial charge in [-0.25, -0.2) is 5.01 Å². The number of likely N-dealkylation sites (tertiary alicyclic amines) is 1. The smallest absolute Gasteiger partial charge is 0.234 e. The van der Waals surface area contributed by atoms with Gasteiger partial charge in [0.25, 0.3) is 0 Å². The van der Waals surface area contributed by atoms with E-state index < -0.39 is 0 Å². The van der Waals surface area contributed by atoms with Crippen molar-refractivity contribution in [3.8, 4) is 0 Å². The van der Waals surface area contributed by atoms with Crippen LogP contribution in [0.4, 0.5) is 0 Å². The SMILES string of the molecule is CN1CCC(NCCNC(=O)CN2CCN(N)CC2)CC1. The van der Waals surface area contributed by atoms with Gasteiger partial charge in [-0.2, -0.15) is 0 Å². The van der Waals surface area contributed by atoms with Gasteiger partial charge in [0.1, 0.15) is 0 Å². The van der Waals surface area contributed by atoms with Crippen molar-refractivity contribution in [2.24, 2.45) is 5.84 Å². The molecule has 21 heavy (non-hydrogen) atoms. The Morgan fingerprint density at radius 2 is 1.76 bits per heavy atom. The second-order valence-electron chi connectivity index (χ2n) is 6.19. The number of piperidine rings is 1. The maximum Gasteiger partial charge on any atom is 0.234 e. The predicted molar refractivity (Wildman–Crippen MR) is 83.7 cm³/mol. The van der Waals surface area contributed by atoms with Crippen molar-refractivity contribution >= 4 is 5.91 Å². The van der Waals surface area contributed by atoms with E-state index in [1.165, 1.54) is 12.8 Å². The fraction of sp³-hybridized carbons (Fsp3) is 0.929. The minimum Gasteiger partial charge on any atom is -0.354 e. The van der Waals surface area contributed by atoms with Gasteiger partial charge < -0.3 is 15.5 Å². The van der Waals surface area contributed by atoms with Crippen LogP contribution in [0.5, 0.6) is 0 Å². The van der Waals surface area contributed by atoms with Gasteiger partial charge in [0.05, 0.1) is 6.54 Å². The van der Waals surface area contributed by atoms with Crippen molar-refractivity contribution in [2.45, 2.75) is 18.9 Å². The largest absolute Gasteiger partial charge is 0.354 e. The van der Waals surface area contributed by atoms with Gasteiger partial charge in [-0.15, -0.1) is 0 Å². The third kappa shape index (κ3) is 6.27. The quantitative estimate of drug-likeness (QED) is 0.400. The summed E-state index contributed by atoms with van der Waals surface area (Å²) < 4.78 is 0. The van der Waals surface area contributed by atoms with Crippen LogP contribution < -0.4 is 16.5 Å². The van der Waals surface area contributed by atoms with E-state index in [-0.39, 0.29) is 5.91 Å². The number of carbonyl (C=O) groups is 1. The number of rotatable bonds is 6. The van der Waals surface area contributed by atoms with Crippen molar-refractivity contribution in [2.75, 3.05) is 66.0 Å². The van der Waals surface area contributed by atoms with E-state index in [1.54, 1.807) is 5.01 Å². The summed E-state index contributed by atoms with van der Waals surface area (Å²) in [4.78, 5) is 16.4. The summed E-state index contributed by atoms with van der Waals surface area (Å²) in [5.74, 6) is 5.82. The second-order valence-corrected chi connectivity index (χ2v) is 6.19. The third-order valence-corrected chi connectivity index (χ3v) is 4.37. The predicted octanol–water partition coefficient (Wildman–Crippen LogP) is -1.72. The highest BCUT2D eigenvalue weighted by Gasteiger charge is 2.17. The molecule has 2 aliphatic heterocycles. The molecule has 2 heterocycles. The number of hydrogen-bond acceptors (Lipinski definition) is 6. The van der Waals surface area contributed by atoms with E-state index in [1.807, 2.05) is 0 Å². The van der Waals surface area contributed by atoms with Crippen molar-refractivity contribution in [1.29, 1.82) is 0 Å². The normalized spacial score (nSPS) is 23.3. The van der Waals surface area contributed by atoms with Crippen molar-refractivity contribution in [1.82, 2.24) is 25.4 Å². The van der Waals surface area contributed by atoms with Gasteiger partial charge in [-0.05, 0) is 33.0 Å². The molecule has 4 N–H and O–H groups in total. The molecule has 0 saturated carbocycles. The lowest BCUT2D eigenvalue weighted by atomic mass is 10.1. The summed E-state index contributed by atoms with van der Waals surface area (Å²) in [6.07, 6.45) is 2.40. The number of nitrogens with zero attached hydrogens (tertiary/aromatic N) is 3. The molecule has 0 aromatic heterocycles. The molecule has 2 fully saturated rings. The molecule has 0 aromatic carbocycles. The summed E-state index contributed by atoms with van der Waals surface area (Å²) in [5, 5.41) is 8.33. The molecule has 0 bridgehead atoms. The zero-order valence-corrected chi connectivity index (χ0v) is 13.2. The van der Waals surface area contributed by atoms with E-state index in [0.717, 1.165) is 45.8 Å². The van der Waals surface area contributed by atoms with Crippen LogP contribution in [0.15, 0.2) is 0 Å². The minimum absolute atomic E-state index is 0.116. The average molecular weight is 298 g/mol. The Morgan fingerprint density at radius 1 is 1.10 bits per heavy atom. The van der Waals surface area contributed by atoms with Gasteiger partial charge in [-0.3, -0.25) is 15.5 Å². The molecule has 1 amide bonds. The lowest BCUT2D eigenvalue weighted by molar-refractivity contribution is -0.122. The van der Waals surface area contributed by atoms with Crippen molar-refractivity contribution in [3.63, 3.8) is 0 Å². The van der Waals surface area contributed by atoms with Crippen LogP contribution in [0.1, 0.15) is 12.8 Å². The summed E-state index contributed by atoms with van der Waals surface area (Å²) >= 11 is 0. The number of nitrogens with one attached hydrogen (secondary N) is 2. The van der Waals surface area contributed by atoms with Crippen molar-refractivity contribution in [3.05, 3.63) is 0 Å². The molecular formula is C14H30N6O. The first-order valence-corrected chi connectivity index (χ1v) is 8.04. The van der Waals surface area contributed by atoms with Gasteiger partial charge in [0.15, 0.2) is 0 Å². The molecule has 7 heteroatoms. The van der Waals surface area contributed by atoms with Crippen LogP contribution in [0.3, 0.4) is 0 Å². The summed E-state index contributed by atoms with van der Waals surface area (Å²) in [7, 11) is 2.17. The first-order valence-electron chi connectivity index (χ1n) is 8.04. The zero-order chi connectivity index (χ0) is 15.1. The molecule has 0 radical (unpaired) electrons. The molecular weight excluding hydrogens is 268 g/mol. The zero-order valence-electron chi connectivity index (χ0n) is 13.2. The fourth-order valence-electron chi connectivity index (χ4n) is 2.87. The fourth-order valence-corrected chi connectivity index (χ4v) is 2.87. The maximum atomic E-state index is 11.9. The lowest BCUT2D eigenvalue weighted by Crippen LogP contribution is -2.52. The lowest BCUT2D eigenvalue weighted by Gasteiger charge is -2.31. The summed E-state index contributed by atoms with van der Waals surface area (Å²) in [6.45, 7) is 7.81. The Bertz CT molecular complexity index is 311. The Labute approximate surface area is 127 Å². The van der Waals surface area contributed by atoms with Crippen LogP contribution >= 0.6 is 0 Å². The Kier molecular flexibility index (Phi) is 6.85. The van der Waals surface area contributed by atoms with Crippen LogP contribution in [0.25, 0.3) is 0 Å². The molecule has 7 nitrogen and oxygen atoms in total. The van der Waals surface area contributed by atoms with E-state index in [0.29, 0.717) is 19.1 Å². The van der Waals surface area contributed by atoms with Crippen LogP contribution in [0, 0.1) is 0 Å². The number of hydrogen-bond donors (Lipinski definition) is 3. The minimum atomic E-state index is 0.116. The average Bonchev–Trinajstić information content (AvgIpc) is 2.48. The third-order valence-electron chi connectivity index (χ3n) is 4.37. The van der Waals surface area contributed by atoms with Gasteiger partial charge in [-0.1, -0.05) is 0 Å². The van der Waals surface area contributed by atoms with E-state index in [4.69, 9.17) is 5.84 Å². The molecule has 0 spiro atoms. The van der Waals surface area contributed by atoms with Crippen molar-refractivity contribution < 1.29 is 4.79 Å². The number of piperazine rings is 1. The van der Waals surface area contributed by atoms with Crippen LogP contribution in [-0.4, -0.2) is 92.7 Å². The highest BCUT2D eigenvalue weighted by Crippen LogP contribution is 2.07. The van der Waals surface area contributed by atoms with Gasteiger partial charge in [0, 0.05) is 45.3 Å². The molecule has 122 valence electrons. The van der Waals surface area contributed by atoms with Crippen LogP contribution in [0.2, 0.25) is 0 Å². The molecule has 0 unspecified atom stereocenters.